The highest BCUT2D eigenvalue weighted by atomic mass is 16.3. The number of aliphatic hydroxyl groups is 1. The minimum atomic E-state index is 0.191. The van der Waals surface area contributed by atoms with Gasteiger partial charge in [-0.2, -0.15) is 0 Å². The number of hydrogen-bond donors (Lipinski definition) is 2. The van der Waals surface area contributed by atoms with E-state index in [2.05, 4.69) is 42.3 Å². The zero-order valence-electron chi connectivity index (χ0n) is 10.4. The number of aliphatic hydroxyl groups excluding tert-OH is 1. The lowest BCUT2D eigenvalue weighted by molar-refractivity contribution is 0.302. The summed E-state index contributed by atoms with van der Waals surface area (Å²) in [5, 5.41) is 12.3. The van der Waals surface area contributed by atoms with E-state index in [4.69, 9.17) is 5.11 Å². The van der Waals surface area contributed by atoms with Crippen LogP contribution in [0, 0.1) is 0 Å². The van der Waals surface area contributed by atoms with E-state index >= 15 is 0 Å². The van der Waals surface area contributed by atoms with E-state index < -0.39 is 0 Å². The van der Waals surface area contributed by atoms with Crippen LogP contribution in [-0.2, 0) is 0 Å². The van der Waals surface area contributed by atoms with Gasteiger partial charge in [0, 0.05) is 24.8 Å². The van der Waals surface area contributed by atoms with Crippen LogP contribution in [0.25, 0.3) is 0 Å². The first-order chi connectivity index (χ1) is 7.74. The molecule has 2 N–H and O–H groups in total. The van der Waals surface area contributed by atoms with E-state index in [1.54, 1.807) is 0 Å². The van der Waals surface area contributed by atoms with Gasteiger partial charge in [-0.25, -0.2) is 0 Å². The fourth-order valence-corrected chi connectivity index (χ4v) is 1.87. The number of nitrogens with zero attached hydrogens (tertiary/aromatic N) is 1. The Morgan fingerprint density at radius 2 is 2.06 bits per heavy atom. The Bertz CT molecular complexity index is 315. The summed E-state index contributed by atoms with van der Waals surface area (Å²) in [5.41, 5.74) is 2.49. The van der Waals surface area contributed by atoms with Crippen molar-refractivity contribution in [3.63, 3.8) is 0 Å². The molecule has 1 atom stereocenters. The smallest absolute Gasteiger partial charge is 0.0606 e. The van der Waals surface area contributed by atoms with Crippen molar-refractivity contribution in [3.05, 3.63) is 29.8 Å². The third kappa shape index (κ3) is 2.97. The fraction of sp³-hybridized carbons (Fsp3) is 0.538. The quantitative estimate of drug-likeness (QED) is 0.770. The van der Waals surface area contributed by atoms with Crippen molar-refractivity contribution in [3.8, 4) is 0 Å². The van der Waals surface area contributed by atoms with Crippen LogP contribution >= 0.6 is 0 Å². The second kappa shape index (κ2) is 6.51. The van der Waals surface area contributed by atoms with Gasteiger partial charge in [0.05, 0.1) is 6.61 Å². The molecule has 0 saturated heterocycles. The largest absolute Gasteiger partial charge is 0.395 e. The topological polar surface area (TPSA) is 35.5 Å². The fourth-order valence-electron chi connectivity index (χ4n) is 1.87. The van der Waals surface area contributed by atoms with E-state index in [0.29, 0.717) is 12.6 Å². The minimum absolute atomic E-state index is 0.191. The molecule has 3 nitrogen and oxygen atoms in total. The summed E-state index contributed by atoms with van der Waals surface area (Å²) < 4.78 is 0. The highest BCUT2D eigenvalue weighted by molar-refractivity contribution is 5.54. The van der Waals surface area contributed by atoms with Gasteiger partial charge in [-0.1, -0.05) is 18.2 Å². The molecule has 0 bridgehead atoms. The molecule has 0 radical (unpaired) electrons. The Morgan fingerprint density at radius 1 is 1.38 bits per heavy atom. The van der Waals surface area contributed by atoms with Crippen LogP contribution in [0.3, 0.4) is 0 Å². The Balaban J connectivity index is 3.00. The summed E-state index contributed by atoms with van der Waals surface area (Å²) in [6.07, 6.45) is 0. The summed E-state index contributed by atoms with van der Waals surface area (Å²) in [7, 11) is 1.96. The normalized spacial score (nSPS) is 12.5. The summed E-state index contributed by atoms with van der Waals surface area (Å²) in [4.78, 5) is 2.20. The monoisotopic (exact) mass is 222 g/mol. The molecule has 3 heteroatoms. The number of likely N-dealkylation sites (N-methyl/N-ethyl adjacent to an activating group) is 1. The third-order valence-corrected chi connectivity index (χ3v) is 2.93. The highest BCUT2D eigenvalue weighted by Gasteiger charge is 2.12. The molecule has 1 aromatic rings. The van der Waals surface area contributed by atoms with E-state index in [1.807, 2.05) is 13.1 Å². The van der Waals surface area contributed by atoms with Crippen molar-refractivity contribution in [1.29, 1.82) is 0 Å². The molecule has 1 aromatic carbocycles. The molecule has 0 aliphatic rings. The number of para-hydroxylation sites is 1. The maximum absolute atomic E-state index is 9.06. The molecule has 1 rings (SSSR count). The summed E-state index contributed by atoms with van der Waals surface area (Å²) in [6, 6.07) is 8.67. The number of benzene rings is 1. The number of anilines is 1. The van der Waals surface area contributed by atoms with Crippen molar-refractivity contribution >= 4 is 5.69 Å². The first-order valence-corrected chi connectivity index (χ1v) is 5.86. The molecule has 1 unspecified atom stereocenters. The van der Waals surface area contributed by atoms with Crippen molar-refractivity contribution in [1.82, 2.24) is 5.32 Å². The summed E-state index contributed by atoms with van der Waals surface area (Å²) in [5.74, 6) is 0. The molecular formula is C13H22N2O. The van der Waals surface area contributed by atoms with E-state index in [1.165, 1.54) is 11.3 Å². The second-order valence-corrected chi connectivity index (χ2v) is 3.87. The van der Waals surface area contributed by atoms with E-state index in [0.717, 1.165) is 6.54 Å². The molecule has 0 fully saturated rings. The zero-order chi connectivity index (χ0) is 12.0. The average Bonchev–Trinajstić information content (AvgIpc) is 2.35. The van der Waals surface area contributed by atoms with Crippen molar-refractivity contribution < 1.29 is 5.11 Å². The molecule has 0 aliphatic carbocycles. The highest BCUT2D eigenvalue weighted by Crippen LogP contribution is 2.25. The molecule has 0 aliphatic heterocycles. The number of hydrogen-bond acceptors (Lipinski definition) is 3. The Kier molecular flexibility index (Phi) is 5.29. The van der Waals surface area contributed by atoms with Crippen LogP contribution in [0.5, 0.6) is 0 Å². The van der Waals surface area contributed by atoms with Crippen molar-refractivity contribution in [2.75, 3.05) is 31.6 Å². The van der Waals surface area contributed by atoms with Crippen LogP contribution in [0.1, 0.15) is 25.5 Å². The van der Waals surface area contributed by atoms with Crippen LogP contribution in [0.15, 0.2) is 24.3 Å². The molecule has 0 aromatic heterocycles. The third-order valence-electron chi connectivity index (χ3n) is 2.93. The number of nitrogens with one attached hydrogen (secondary N) is 1. The Hall–Kier alpha value is -1.06. The van der Waals surface area contributed by atoms with Crippen molar-refractivity contribution in [2.45, 2.75) is 19.9 Å². The van der Waals surface area contributed by atoms with Gasteiger partial charge in [-0.05, 0) is 32.5 Å². The van der Waals surface area contributed by atoms with Crippen LogP contribution in [0.4, 0.5) is 5.69 Å². The lowest BCUT2D eigenvalue weighted by Crippen LogP contribution is -2.28. The molecule has 0 saturated carbocycles. The number of rotatable bonds is 6. The molecular weight excluding hydrogens is 200 g/mol. The standard InChI is InChI=1S/C13H22N2O/c1-4-15(9-10-16)13-8-6-5-7-12(13)11(2)14-3/h5-8,11,14,16H,4,9-10H2,1-3H3. The first-order valence-electron chi connectivity index (χ1n) is 5.86. The molecule has 0 spiro atoms. The molecule has 0 heterocycles. The molecule has 90 valence electrons. The van der Waals surface area contributed by atoms with Gasteiger partial charge >= 0.3 is 0 Å². The van der Waals surface area contributed by atoms with Gasteiger partial charge in [-0.3, -0.25) is 0 Å². The van der Waals surface area contributed by atoms with Crippen molar-refractivity contribution in [2.24, 2.45) is 0 Å². The lowest BCUT2D eigenvalue weighted by atomic mass is 10.1. The lowest BCUT2D eigenvalue weighted by Gasteiger charge is -2.27. The maximum atomic E-state index is 9.06. The van der Waals surface area contributed by atoms with Gasteiger partial charge in [0.15, 0.2) is 0 Å². The van der Waals surface area contributed by atoms with E-state index in [-0.39, 0.29) is 6.61 Å². The SMILES string of the molecule is CCN(CCO)c1ccccc1C(C)NC. The van der Waals surface area contributed by atoms with Gasteiger partial charge in [-0.15, -0.1) is 0 Å². The Morgan fingerprint density at radius 3 is 2.62 bits per heavy atom. The predicted molar refractivity (Wildman–Crippen MR) is 68.9 cm³/mol. The summed E-state index contributed by atoms with van der Waals surface area (Å²) >= 11 is 0. The van der Waals surface area contributed by atoms with Crippen LogP contribution in [-0.4, -0.2) is 31.9 Å². The minimum Gasteiger partial charge on any atom is -0.395 e. The average molecular weight is 222 g/mol. The second-order valence-electron chi connectivity index (χ2n) is 3.87. The molecule has 0 amide bonds. The van der Waals surface area contributed by atoms with Gasteiger partial charge in [0.2, 0.25) is 0 Å². The van der Waals surface area contributed by atoms with Gasteiger partial charge in [0.25, 0.3) is 0 Å². The summed E-state index contributed by atoms with van der Waals surface area (Å²) in [6.45, 7) is 6.04. The zero-order valence-corrected chi connectivity index (χ0v) is 10.4. The first kappa shape index (κ1) is 13.0. The predicted octanol–water partition coefficient (Wildman–Crippen LogP) is 1.79. The van der Waals surface area contributed by atoms with Crippen LogP contribution in [0.2, 0.25) is 0 Å². The van der Waals surface area contributed by atoms with Gasteiger partial charge < -0.3 is 15.3 Å². The van der Waals surface area contributed by atoms with Gasteiger partial charge in [0.1, 0.15) is 0 Å². The van der Waals surface area contributed by atoms with E-state index in [9.17, 15) is 0 Å². The maximum Gasteiger partial charge on any atom is 0.0606 e. The molecule has 16 heavy (non-hydrogen) atoms. The van der Waals surface area contributed by atoms with Crippen LogP contribution < -0.4 is 10.2 Å². The Labute approximate surface area is 98.1 Å².